The van der Waals surface area contributed by atoms with E-state index in [1.165, 1.54) is 12.2 Å². The van der Waals surface area contributed by atoms with Crippen molar-refractivity contribution in [2.24, 2.45) is 0 Å². The van der Waals surface area contributed by atoms with Crippen LogP contribution in [0.4, 0.5) is 5.69 Å². The SMILES string of the molecule is C=CC(O)C(=O)CN(CC)c1ccc(C=C[N+](=O)[O-])cc1. The summed E-state index contributed by atoms with van der Waals surface area (Å²) in [4.78, 5) is 23.2. The second kappa shape index (κ2) is 7.96. The quantitative estimate of drug-likeness (QED) is 0.449. The van der Waals surface area contributed by atoms with Crippen molar-refractivity contribution in [3.63, 3.8) is 0 Å². The van der Waals surface area contributed by atoms with Crippen molar-refractivity contribution in [1.82, 2.24) is 0 Å². The van der Waals surface area contributed by atoms with E-state index in [-0.39, 0.29) is 12.3 Å². The van der Waals surface area contributed by atoms with Crippen molar-refractivity contribution < 1.29 is 14.8 Å². The van der Waals surface area contributed by atoms with Gasteiger partial charge in [0.2, 0.25) is 6.20 Å². The van der Waals surface area contributed by atoms with Gasteiger partial charge in [0.25, 0.3) is 0 Å². The van der Waals surface area contributed by atoms with E-state index in [1.807, 2.05) is 6.92 Å². The maximum absolute atomic E-state index is 11.7. The average Bonchev–Trinajstić information content (AvgIpc) is 2.50. The molecule has 0 bridgehead atoms. The van der Waals surface area contributed by atoms with Crippen molar-refractivity contribution in [2.75, 3.05) is 18.0 Å². The molecule has 0 aromatic heterocycles. The van der Waals surface area contributed by atoms with Gasteiger partial charge < -0.3 is 10.0 Å². The zero-order valence-electron chi connectivity index (χ0n) is 11.8. The zero-order chi connectivity index (χ0) is 15.8. The van der Waals surface area contributed by atoms with Crippen LogP contribution in [0.3, 0.4) is 0 Å². The van der Waals surface area contributed by atoms with E-state index in [4.69, 9.17) is 0 Å². The first-order valence-corrected chi connectivity index (χ1v) is 6.48. The standard InChI is InChI=1S/C15H18N2O4/c1-3-14(18)15(19)11-16(4-2)13-7-5-12(6-8-13)9-10-17(20)21/h3,5-10,14,18H,1,4,11H2,2H3. The maximum atomic E-state index is 11.7. The van der Waals surface area contributed by atoms with E-state index < -0.39 is 11.0 Å². The van der Waals surface area contributed by atoms with Gasteiger partial charge in [0, 0.05) is 18.3 Å². The van der Waals surface area contributed by atoms with E-state index in [9.17, 15) is 20.0 Å². The van der Waals surface area contributed by atoms with Gasteiger partial charge in [-0.1, -0.05) is 18.2 Å². The molecule has 0 saturated heterocycles. The molecule has 1 unspecified atom stereocenters. The second-order valence-corrected chi connectivity index (χ2v) is 4.35. The number of aliphatic hydroxyl groups excluding tert-OH is 1. The van der Waals surface area contributed by atoms with Gasteiger partial charge in [0.1, 0.15) is 6.10 Å². The fourth-order valence-electron chi connectivity index (χ4n) is 1.74. The number of likely N-dealkylation sites (N-methyl/N-ethyl adjacent to an activating group) is 1. The number of ketones is 1. The molecule has 1 aromatic rings. The molecule has 1 rings (SSSR count). The van der Waals surface area contributed by atoms with Crippen LogP contribution in [0, 0.1) is 10.1 Å². The monoisotopic (exact) mass is 290 g/mol. The Kier molecular flexibility index (Phi) is 6.29. The molecule has 1 N–H and O–H groups in total. The van der Waals surface area contributed by atoms with Gasteiger partial charge in [-0.15, -0.1) is 6.58 Å². The Labute approximate surface area is 123 Å². The minimum atomic E-state index is -1.17. The Morgan fingerprint density at radius 1 is 1.48 bits per heavy atom. The first kappa shape index (κ1) is 16.6. The highest BCUT2D eigenvalue weighted by Crippen LogP contribution is 2.16. The van der Waals surface area contributed by atoms with Crippen LogP contribution in [0.5, 0.6) is 0 Å². The lowest BCUT2D eigenvalue weighted by Crippen LogP contribution is -2.34. The van der Waals surface area contributed by atoms with Gasteiger partial charge in [-0.2, -0.15) is 0 Å². The molecule has 0 aliphatic heterocycles. The summed E-state index contributed by atoms with van der Waals surface area (Å²) in [5, 5.41) is 19.7. The van der Waals surface area contributed by atoms with Gasteiger partial charge in [0.15, 0.2) is 5.78 Å². The molecule has 0 radical (unpaired) electrons. The fraction of sp³-hybridized carbons (Fsp3) is 0.267. The highest BCUT2D eigenvalue weighted by Gasteiger charge is 2.15. The minimum absolute atomic E-state index is 0.0772. The lowest BCUT2D eigenvalue weighted by molar-refractivity contribution is -0.400. The predicted octanol–water partition coefficient (Wildman–Crippen LogP) is 1.88. The van der Waals surface area contributed by atoms with Crippen molar-refractivity contribution in [3.05, 3.63) is 58.8 Å². The average molecular weight is 290 g/mol. The number of benzene rings is 1. The summed E-state index contributed by atoms with van der Waals surface area (Å²) in [5.74, 6) is -0.329. The highest BCUT2D eigenvalue weighted by atomic mass is 16.6. The Morgan fingerprint density at radius 3 is 2.57 bits per heavy atom. The number of rotatable bonds is 8. The lowest BCUT2D eigenvalue weighted by atomic mass is 10.1. The minimum Gasteiger partial charge on any atom is -0.381 e. The number of nitro groups is 1. The number of Topliss-reactive ketones (excluding diaryl/α,β-unsaturated/α-hetero) is 1. The number of carbonyl (C=O) groups is 1. The summed E-state index contributed by atoms with van der Waals surface area (Å²) in [5.41, 5.74) is 1.50. The summed E-state index contributed by atoms with van der Waals surface area (Å²) in [6.45, 7) is 5.95. The van der Waals surface area contributed by atoms with Crippen LogP contribution in [-0.2, 0) is 4.79 Å². The molecule has 21 heavy (non-hydrogen) atoms. The molecular weight excluding hydrogens is 272 g/mol. The van der Waals surface area contributed by atoms with Crippen LogP contribution in [0.15, 0.2) is 43.1 Å². The number of aliphatic hydroxyl groups is 1. The third kappa shape index (κ3) is 5.19. The Balaban J connectivity index is 2.80. The Morgan fingerprint density at radius 2 is 2.10 bits per heavy atom. The fourth-order valence-corrected chi connectivity index (χ4v) is 1.74. The maximum Gasteiger partial charge on any atom is 0.235 e. The first-order valence-electron chi connectivity index (χ1n) is 6.48. The number of nitrogens with zero attached hydrogens (tertiary/aromatic N) is 2. The van der Waals surface area contributed by atoms with Crippen molar-refractivity contribution >= 4 is 17.5 Å². The molecule has 6 heteroatoms. The predicted molar refractivity (Wildman–Crippen MR) is 81.6 cm³/mol. The van der Waals surface area contributed by atoms with Crippen LogP contribution in [-0.4, -0.2) is 35.0 Å². The lowest BCUT2D eigenvalue weighted by Gasteiger charge is -2.23. The van der Waals surface area contributed by atoms with Crippen molar-refractivity contribution in [3.8, 4) is 0 Å². The summed E-state index contributed by atoms with van der Waals surface area (Å²) in [6.07, 6.45) is 2.30. The normalized spacial score (nSPS) is 12.1. The number of hydrogen-bond donors (Lipinski definition) is 1. The summed E-state index contributed by atoms with van der Waals surface area (Å²) < 4.78 is 0. The van der Waals surface area contributed by atoms with Gasteiger partial charge in [-0.3, -0.25) is 14.9 Å². The number of anilines is 1. The summed E-state index contributed by atoms with van der Waals surface area (Å²) >= 11 is 0. The molecule has 1 aromatic carbocycles. The Hall–Kier alpha value is -2.47. The van der Waals surface area contributed by atoms with Gasteiger partial charge >= 0.3 is 0 Å². The molecule has 0 heterocycles. The molecule has 1 atom stereocenters. The molecule has 0 fully saturated rings. The molecule has 112 valence electrons. The number of hydrogen-bond acceptors (Lipinski definition) is 5. The largest absolute Gasteiger partial charge is 0.381 e. The van der Waals surface area contributed by atoms with Crippen LogP contribution in [0.2, 0.25) is 0 Å². The zero-order valence-corrected chi connectivity index (χ0v) is 11.8. The van der Waals surface area contributed by atoms with Crippen LogP contribution < -0.4 is 4.90 Å². The number of carbonyl (C=O) groups excluding carboxylic acids is 1. The van der Waals surface area contributed by atoms with Gasteiger partial charge in [-0.05, 0) is 24.6 Å². The molecule has 0 amide bonds. The second-order valence-electron chi connectivity index (χ2n) is 4.35. The van der Waals surface area contributed by atoms with Crippen molar-refractivity contribution in [2.45, 2.75) is 13.0 Å². The molecule has 0 saturated carbocycles. The van der Waals surface area contributed by atoms with E-state index in [1.54, 1.807) is 29.2 Å². The van der Waals surface area contributed by atoms with E-state index in [0.717, 1.165) is 11.9 Å². The van der Waals surface area contributed by atoms with E-state index in [2.05, 4.69) is 6.58 Å². The molecule has 6 nitrogen and oxygen atoms in total. The van der Waals surface area contributed by atoms with Crippen molar-refractivity contribution in [1.29, 1.82) is 0 Å². The third-order valence-electron chi connectivity index (χ3n) is 2.93. The van der Waals surface area contributed by atoms with Crippen LogP contribution in [0.25, 0.3) is 6.08 Å². The summed E-state index contributed by atoms with van der Waals surface area (Å²) in [6, 6.07) is 7.01. The third-order valence-corrected chi connectivity index (χ3v) is 2.93. The smallest absolute Gasteiger partial charge is 0.235 e. The molecule has 0 aliphatic rings. The van der Waals surface area contributed by atoms with Crippen LogP contribution >= 0.6 is 0 Å². The summed E-state index contributed by atoms with van der Waals surface area (Å²) in [7, 11) is 0. The molecular formula is C15H18N2O4. The highest BCUT2D eigenvalue weighted by molar-refractivity contribution is 5.88. The van der Waals surface area contributed by atoms with E-state index in [0.29, 0.717) is 12.1 Å². The topological polar surface area (TPSA) is 83.7 Å². The van der Waals surface area contributed by atoms with Gasteiger partial charge in [-0.25, -0.2) is 0 Å². The molecule has 0 spiro atoms. The van der Waals surface area contributed by atoms with Gasteiger partial charge in [0.05, 0.1) is 11.5 Å². The van der Waals surface area contributed by atoms with E-state index >= 15 is 0 Å². The van der Waals surface area contributed by atoms with Crippen LogP contribution in [0.1, 0.15) is 12.5 Å². The molecule has 0 aliphatic carbocycles. The first-order chi connectivity index (χ1) is 9.97. The Bertz CT molecular complexity index is 537.